The van der Waals surface area contributed by atoms with Crippen LogP contribution in [0.5, 0.6) is 0 Å². The summed E-state index contributed by atoms with van der Waals surface area (Å²) in [5, 5.41) is 20.7. The van der Waals surface area contributed by atoms with Gasteiger partial charge in [0.25, 0.3) is 0 Å². The Kier molecular flexibility index (Phi) is 9.84. The van der Waals surface area contributed by atoms with Crippen molar-refractivity contribution in [2.45, 2.75) is 56.8 Å². The molecule has 3 aromatic carbocycles. The molecule has 1 aliphatic rings. The van der Waals surface area contributed by atoms with E-state index in [1.54, 1.807) is 0 Å². The molecule has 2 N–H and O–H groups in total. The quantitative estimate of drug-likeness (QED) is 0.411. The first kappa shape index (κ1) is 25.5. The largest absolute Gasteiger partial charge is 0.396 e. The minimum absolute atomic E-state index is 0.0970. The van der Waals surface area contributed by atoms with Crippen molar-refractivity contribution in [3.8, 4) is 0 Å². The Morgan fingerprint density at radius 3 is 1.63 bits per heavy atom. The van der Waals surface area contributed by atoms with Crippen LogP contribution in [0.4, 0.5) is 0 Å². The highest BCUT2D eigenvalue weighted by Gasteiger charge is 2.46. The fraction of sp³-hybridized carbons (Fsp3) is 0.379. The molecule has 4 rings (SSSR count). The lowest BCUT2D eigenvalue weighted by molar-refractivity contribution is -0.262. The molecule has 1 aliphatic heterocycles. The molecule has 0 saturated carbocycles. The minimum atomic E-state index is -0.947. The van der Waals surface area contributed by atoms with E-state index in [0.29, 0.717) is 26.2 Å². The number of aliphatic hydroxyl groups is 2. The number of aliphatic hydroxyl groups excluding tert-OH is 2. The maximum Gasteiger partial charge on any atom is 0.115 e. The Morgan fingerprint density at radius 1 is 0.629 bits per heavy atom. The highest BCUT2D eigenvalue weighted by molar-refractivity contribution is 5.15. The molecule has 35 heavy (non-hydrogen) atoms. The van der Waals surface area contributed by atoms with Crippen molar-refractivity contribution >= 4 is 0 Å². The molecule has 0 bridgehead atoms. The van der Waals surface area contributed by atoms with E-state index < -0.39 is 30.5 Å². The Hall–Kier alpha value is -2.58. The summed E-state index contributed by atoms with van der Waals surface area (Å²) in [6.07, 6.45) is -2.90. The topological polar surface area (TPSA) is 77.4 Å². The molecule has 0 spiro atoms. The molecule has 0 aromatic heterocycles. The third-order valence-corrected chi connectivity index (χ3v) is 6.14. The number of hydrogen-bond acceptors (Lipinski definition) is 6. The average Bonchev–Trinajstić information content (AvgIpc) is 2.90. The summed E-state index contributed by atoms with van der Waals surface area (Å²) in [6.45, 7) is 1.30. The summed E-state index contributed by atoms with van der Waals surface area (Å²) >= 11 is 0. The van der Waals surface area contributed by atoms with E-state index in [1.807, 2.05) is 91.0 Å². The van der Waals surface area contributed by atoms with Gasteiger partial charge in [0.2, 0.25) is 0 Å². The van der Waals surface area contributed by atoms with Gasteiger partial charge in [0, 0.05) is 6.61 Å². The van der Waals surface area contributed by atoms with Crippen molar-refractivity contribution in [3.63, 3.8) is 0 Å². The zero-order valence-corrected chi connectivity index (χ0v) is 19.8. The van der Waals surface area contributed by atoms with E-state index in [-0.39, 0.29) is 13.2 Å². The first-order chi connectivity index (χ1) is 17.2. The molecule has 6 nitrogen and oxygen atoms in total. The van der Waals surface area contributed by atoms with Gasteiger partial charge in [-0.25, -0.2) is 0 Å². The van der Waals surface area contributed by atoms with Crippen LogP contribution in [-0.2, 0) is 38.8 Å². The lowest BCUT2D eigenvalue weighted by Crippen LogP contribution is -2.60. The molecular weight excluding hydrogens is 444 g/mol. The van der Waals surface area contributed by atoms with Crippen molar-refractivity contribution < 1.29 is 29.2 Å². The monoisotopic (exact) mass is 478 g/mol. The first-order valence-electron chi connectivity index (χ1n) is 12.1. The zero-order valence-electron chi connectivity index (χ0n) is 19.8. The van der Waals surface area contributed by atoms with Crippen LogP contribution in [0.15, 0.2) is 91.0 Å². The Balaban J connectivity index is 1.50. The van der Waals surface area contributed by atoms with Crippen molar-refractivity contribution in [1.82, 2.24) is 0 Å². The van der Waals surface area contributed by atoms with Gasteiger partial charge in [-0.05, 0) is 23.1 Å². The van der Waals surface area contributed by atoms with Gasteiger partial charge < -0.3 is 29.2 Å². The van der Waals surface area contributed by atoms with E-state index >= 15 is 0 Å². The van der Waals surface area contributed by atoms with Crippen LogP contribution in [0.3, 0.4) is 0 Å². The second-order valence-corrected chi connectivity index (χ2v) is 8.74. The normalized spacial score (nSPS) is 24.3. The van der Waals surface area contributed by atoms with Crippen molar-refractivity contribution in [2.24, 2.45) is 0 Å². The molecule has 5 atom stereocenters. The second-order valence-electron chi connectivity index (χ2n) is 8.74. The van der Waals surface area contributed by atoms with E-state index in [9.17, 15) is 10.2 Å². The van der Waals surface area contributed by atoms with Crippen LogP contribution < -0.4 is 0 Å². The third kappa shape index (κ3) is 7.45. The summed E-state index contributed by atoms with van der Waals surface area (Å²) in [6, 6.07) is 29.6. The second kappa shape index (κ2) is 13.5. The van der Waals surface area contributed by atoms with E-state index in [0.717, 1.165) is 16.7 Å². The molecule has 0 radical (unpaired) electrons. The van der Waals surface area contributed by atoms with Crippen LogP contribution in [0.1, 0.15) is 23.1 Å². The van der Waals surface area contributed by atoms with Crippen LogP contribution >= 0.6 is 0 Å². The smallest absolute Gasteiger partial charge is 0.115 e. The molecule has 3 aromatic rings. The average molecular weight is 479 g/mol. The summed E-state index contributed by atoms with van der Waals surface area (Å²) < 4.78 is 24.8. The van der Waals surface area contributed by atoms with E-state index in [2.05, 4.69) is 0 Å². The Morgan fingerprint density at radius 2 is 1.11 bits per heavy atom. The molecule has 186 valence electrons. The number of rotatable bonds is 12. The SMILES string of the molecule is OCC[C@@H]1O[C@H](COCc2ccccc2)[C@@H](OCc2ccccc2)[C@H](OCc2ccccc2)[C@H]1O. The van der Waals surface area contributed by atoms with Gasteiger partial charge in [0.1, 0.15) is 24.4 Å². The third-order valence-electron chi connectivity index (χ3n) is 6.14. The number of benzene rings is 3. The summed E-state index contributed by atoms with van der Waals surface area (Å²) in [4.78, 5) is 0. The van der Waals surface area contributed by atoms with Gasteiger partial charge in [-0.15, -0.1) is 0 Å². The van der Waals surface area contributed by atoms with Crippen molar-refractivity contribution in [3.05, 3.63) is 108 Å². The van der Waals surface area contributed by atoms with Gasteiger partial charge in [-0.2, -0.15) is 0 Å². The minimum Gasteiger partial charge on any atom is -0.396 e. The van der Waals surface area contributed by atoms with Crippen molar-refractivity contribution in [2.75, 3.05) is 13.2 Å². The molecule has 6 heteroatoms. The van der Waals surface area contributed by atoms with Gasteiger partial charge in [-0.1, -0.05) is 91.0 Å². The van der Waals surface area contributed by atoms with Gasteiger partial charge in [-0.3, -0.25) is 0 Å². The predicted molar refractivity (Wildman–Crippen MR) is 133 cm³/mol. The van der Waals surface area contributed by atoms with E-state index in [1.165, 1.54) is 0 Å². The summed E-state index contributed by atoms with van der Waals surface area (Å²) in [5.74, 6) is 0. The molecule has 0 unspecified atom stereocenters. The molecular formula is C29H34O6. The Bertz CT molecular complexity index is 968. The fourth-order valence-corrected chi connectivity index (χ4v) is 4.30. The molecule has 1 saturated heterocycles. The number of hydrogen-bond donors (Lipinski definition) is 2. The number of ether oxygens (including phenoxy) is 4. The van der Waals surface area contributed by atoms with Gasteiger partial charge in [0.15, 0.2) is 0 Å². The van der Waals surface area contributed by atoms with Crippen LogP contribution in [0.2, 0.25) is 0 Å². The summed E-state index contributed by atoms with van der Waals surface area (Å²) in [7, 11) is 0. The first-order valence-corrected chi connectivity index (χ1v) is 12.1. The summed E-state index contributed by atoms with van der Waals surface area (Å²) in [5.41, 5.74) is 3.09. The van der Waals surface area contributed by atoms with Gasteiger partial charge >= 0.3 is 0 Å². The molecule has 1 fully saturated rings. The standard InChI is InChI=1S/C29H34O6/c30-17-16-25-27(31)29(34-20-24-14-8-3-9-15-24)28(33-19-23-12-6-2-7-13-23)26(35-25)21-32-18-22-10-4-1-5-11-22/h1-15,25-31H,16-21H2/t25-,26+,27-,28+,29+/m0/s1. The molecule has 0 amide bonds. The maximum absolute atomic E-state index is 11.1. The molecule has 0 aliphatic carbocycles. The van der Waals surface area contributed by atoms with Crippen LogP contribution in [0.25, 0.3) is 0 Å². The fourth-order valence-electron chi connectivity index (χ4n) is 4.30. The zero-order chi connectivity index (χ0) is 24.3. The van der Waals surface area contributed by atoms with Crippen LogP contribution in [0, 0.1) is 0 Å². The van der Waals surface area contributed by atoms with Crippen LogP contribution in [-0.4, -0.2) is 53.9 Å². The van der Waals surface area contributed by atoms with E-state index in [4.69, 9.17) is 18.9 Å². The lowest BCUT2D eigenvalue weighted by Gasteiger charge is -2.44. The highest BCUT2D eigenvalue weighted by atomic mass is 16.6. The van der Waals surface area contributed by atoms with Crippen molar-refractivity contribution in [1.29, 1.82) is 0 Å². The molecule has 1 heterocycles. The maximum atomic E-state index is 11.1. The highest BCUT2D eigenvalue weighted by Crippen LogP contribution is 2.29. The predicted octanol–water partition coefficient (Wildman–Crippen LogP) is 3.88. The van der Waals surface area contributed by atoms with Gasteiger partial charge in [0.05, 0.1) is 32.5 Å². The lowest BCUT2D eigenvalue weighted by atomic mass is 9.93. The Labute approximate surface area is 207 Å².